The van der Waals surface area contributed by atoms with Gasteiger partial charge in [-0.05, 0) is 26.3 Å². The number of carbonyl (C=O) groups excluding carboxylic acids is 2. The van der Waals surface area contributed by atoms with E-state index >= 15 is 0 Å². The van der Waals surface area contributed by atoms with Gasteiger partial charge < -0.3 is 16.0 Å². The Labute approximate surface area is 128 Å². The van der Waals surface area contributed by atoms with Gasteiger partial charge in [0.2, 0.25) is 11.8 Å². The van der Waals surface area contributed by atoms with Gasteiger partial charge in [-0.15, -0.1) is 0 Å². The predicted octanol–water partition coefficient (Wildman–Crippen LogP) is -0.0513. The van der Waals surface area contributed by atoms with Gasteiger partial charge in [-0.3, -0.25) is 14.5 Å². The summed E-state index contributed by atoms with van der Waals surface area (Å²) in [6, 6.07) is 0.242. The van der Waals surface area contributed by atoms with Crippen molar-refractivity contribution >= 4 is 11.8 Å². The zero-order valence-electron chi connectivity index (χ0n) is 13.6. The summed E-state index contributed by atoms with van der Waals surface area (Å²) in [5.41, 5.74) is 0. The SMILES string of the molecule is CCCNC(=O)CN1CCC(NC(=O)C(C)CNC)CC1. The Morgan fingerprint density at radius 3 is 2.52 bits per heavy atom. The monoisotopic (exact) mass is 298 g/mol. The van der Waals surface area contributed by atoms with E-state index in [1.807, 2.05) is 20.9 Å². The van der Waals surface area contributed by atoms with Crippen LogP contribution in [0.3, 0.4) is 0 Å². The third kappa shape index (κ3) is 6.91. The second-order valence-electron chi connectivity index (χ2n) is 5.87. The third-order valence-electron chi connectivity index (χ3n) is 3.83. The van der Waals surface area contributed by atoms with Crippen LogP contribution in [-0.4, -0.2) is 62.5 Å². The Kier molecular flexibility index (Phi) is 8.30. The van der Waals surface area contributed by atoms with Crippen molar-refractivity contribution in [1.82, 2.24) is 20.9 Å². The van der Waals surface area contributed by atoms with Crippen LogP contribution in [0.25, 0.3) is 0 Å². The average molecular weight is 298 g/mol. The van der Waals surface area contributed by atoms with E-state index in [1.165, 1.54) is 0 Å². The second-order valence-corrected chi connectivity index (χ2v) is 5.87. The van der Waals surface area contributed by atoms with Gasteiger partial charge in [0.25, 0.3) is 0 Å². The standard InChI is InChI=1S/C15H30N4O2/c1-4-7-17-14(20)11-19-8-5-13(6-9-19)18-15(21)12(2)10-16-3/h12-13,16H,4-11H2,1-3H3,(H,17,20)(H,18,21). The Morgan fingerprint density at radius 1 is 1.29 bits per heavy atom. The summed E-state index contributed by atoms with van der Waals surface area (Å²) in [5, 5.41) is 9.02. The van der Waals surface area contributed by atoms with E-state index in [0.717, 1.165) is 38.9 Å². The molecule has 1 rings (SSSR count). The Hall–Kier alpha value is -1.14. The van der Waals surface area contributed by atoms with Crippen LogP contribution < -0.4 is 16.0 Å². The first-order valence-corrected chi connectivity index (χ1v) is 8.00. The number of carbonyl (C=O) groups is 2. The van der Waals surface area contributed by atoms with Crippen molar-refractivity contribution in [2.75, 3.05) is 39.8 Å². The lowest BCUT2D eigenvalue weighted by Gasteiger charge is -2.32. The molecule has 0 bridgehead atoms. The fourth-order valence-electron chi connectivity index (χ4n) is 2.50. The molecule has 1 aliphatic heterocycles. The number of rotatable bonds is 8. The minimum atomic E-state index is -0.00662. The highest BCUT2D eigenvalue weighted by Gasteiger charge is 2.23. The van der Waals surface area contributed by atoms with Crippen LogP contribution >= 0.6 is 0 Å². The normalized spacial score (nSPS) is 18.2. The molecule has 0 aromatic rings. The van der Waals surface area contributed by atoms with E-state index in [2.05, 4.69) is 20.9 Å². The lowest BCUT2D eigenvalue weighted by atomic mass is 10.0. The number of hydrogen-bond donors (Lipinski definition) is 3. The zero-order valence-corrected chi connectivity index (χ0v) is 13.6. The molecular weight excluding hydrogens is 268 g/mol. The fraction of sp³-hybridized carbons (Fsp3) is 0.867. The number of hydrogen-bond acceptors (Lipinski definition) is 4. The van der Waals surface area contributed by atoms with Crippen molar-refractivity contribution in [3.05, 3.63) is 0 Å². The highest BCUT2D eigenvalue weighted by Crippen LogP contribution is 2.10. The Morgan fingerprint density at radius 2 is 1.95 bits per heavy atom. The number of amides is 2. The molecule has 0 spiro atoms. The van der Waals surface area contributed by atoms with Gasteiger partial charge in [0.1, 0.15) is 0 Å². The van der Waals surface area contributed by atoms with Gasteiger partial charge in [-0.25, -0.2) is 0 Å². The van der Waals surface area contributed by atoms with Crippen molar-refractivity contribution in [1.29, 1.82) is 0 Å². The molecule has 2 amide bonds. The van der Waals surface area contributed by atoms with Gasteiger partial charge >= 0.3 is 0 Å². The van der Waals surface area contributed by atoms with E-state index in [9.17, 15) is 9.59 Å². The Balaban J connectivity index is 2.23. The smallest absolute Gasteiger partial charge is 0.234 e. The number of piperidine rings is 1. The molecule has 1 aliphatic rings. The molecule has 1 unspecified atom stereocenters. The van der Waals surface area contributed by atoms with Crippen LogP contribution in [0, 0.1) is 5.92 Å². The number of nitrogens with zero attached hydrogens (tertiary/aromatic N) is 1. The minimum absolute atomic E-state index is 0.00662. The molecule has 21 heavy (non-hydrogen) atoms. The summed E-state index contributed by atoms with van der Waals surface area (Å²) >= 11 is 0. The topological polar surface area (TPSA) is 73.5 Å². The average Bonchev–Trinajstić information content (AvgIpc) is 2.47. The molecule has 1 atom stereocenters. The van der Waals surface area contributed by atoms with E-state index < -0.39 is 0 Å². The van der Waals surface area contributed by atoms with E-state index in [4.69, 9.17) is 0 Å². The lowest BCUT2D eigenvalue weighted by molar-refractivity contribution is -0.126. The molecule has 3 N–H and O–H groups in total. The molecule has 0 aromatic carbocycles. The molecule has 6 nitrogen and oxygen atoms in total. The molecule has 0 aliphatic carbocycles. The van der Waals surface area contributed by atoms with Gasteiger partial charge in [0.15, 0.2) is 0 Å². The molecule has 0 radical (unpaired) electrons. The summed E-state index contributed by atoms with van der Waals surface area (Å²) in [6.07, 6.45) is 2.79. The molecule has 6 heteroatoms. The van der Waals surface area contributed by atoms with E-state index in [-0.39, 0.29) is 23.8 Å². The minimum Gasteiger partial charge on any atom is -0.355 e. The molecule has 0 aromatic heterocycles. The molecule has 122 valence electrons. The molecule has 1 saturated heterocycles. The van der Waals surface area contributed by atoms with Crippen molar-refractivity contribution in [3.8, 4) is 0 Å². The highest BCUT2D eigenvalue weighted by atomic mass is 16.2. The molecule has 0 saturated carbocycles. The highest BCUT2D eigenvalue weighted by molar-refractivity contribution is 5.79. The quantitative estimate of drug-likeness (QED) is 0.587. The second kappa shape index (κ2) is 9.73. The van der Waals surface area contributed by atoms with Crippen LogP contribution in [0.15, 0.2) is 0 Å². The summed E-state index contributed by atoms with van der Waals surface area (Å²) < 4.78 is 0. The van der Waals surface area contributed by atoms with Crippen molar-refractivity contribution in [2.24, 2.45) is 5.92 Å². The van der Waals surface area contributed by atoms with Crippen molar-refractivity contribution in [3.63, 3.8) is 0 Å². The number of nitrogens with one attached hydrogen (secondary N) is 3. The maximum Gasteiger partial charge on any atom is 0.234 e. The molecular formula is C15H30N4O2. The molecule has 1 heterocycles. The first-order chi connectivity index (χ1) is 10.1. The van der Waals surface area contributed by atoms with Gasteiger partial charge in [-0.1, -0.05) is 13.8 Å². The van der Waals surface area contributed by atoms with Gasteiger partial charge in [-0.2, -0.15) is 0 Å². The van der Waals surface area contributed by atoms with Crippen LogP contribution in [0.4, 0.5) is 0 Å². The lowest BCUT2D eigenvalue weighted by Crippen LogP contribution is -2.48. The van der Waals surface area contributed by atoms with Gasteiger partial charge in [0, 0.05) is 38.1 Å². The van der Waals surface area contributed by atoms with Gasteiger partial charge in [0.05, 0.1) is 6.54 Å². The third-order valence-corrected chi connectivity index (χ3v) is 3.83. The van der Waals surface area contributed by atoms with Crippen LogP contribution in [0.5, 0.6) is 0 Å². The summed E-state index contributed by atoms with van der Waals surface area (Å²) in [4.78, 5) is 25.8. The summed E-state index contributed by atoms with van der Waals surface area (Å²) in [7, 11) is 1.85. The van der Waals surface area contributed by atoms with Crippen LogP contribution in [-0.2, 0) is 9.59 Å². The van der Waals surface area contributed by atoms with Crippen molar-refractivity contribution < 1.29 is 9.59 Å². The van der Waals surface area contributed by atoms with Crippen LogP contribution in [0.1, 0.15) is 33.1 Å². The Bertz CT molecular complexity index is 328. The summed E-state index contributed by atoms with van der Waals surface area (Å²) in [6.45, 7) is 7.62. The van der Waals surface area contributed by atoms with Crippen molar-refractivity contribution in [2.45, 2.75) is 39.2 Å². The largest absolute Gasteiger partial charge is 0.355 e. The predicted molar refractivity (Wildman–Crippen MR) is 84.0 cm³/mol. The first kappa shape index (κ1) is 17.9. The van der Waals surface area contributed by atoms with E-state index in [0.29, 0.717) is 13.1 Å². The van der Waals surface area contributed by atoms with E-state index in [1.54, 1.807) is 0 Å². The molecule has 1 fully saturated rings. The fourth-order valence-corrected chi connectivity index (χ4v) is 2.50. The zero-order chi connectivity index (χ0) is 15.7. The number of likely N-dealkylation sites (tertiary alicyclic amines) is 1. The van der Waals surface area contributed by atoms with Crippen LogP contribution in [0.2, 0.25) is 0 Å². The summed E-state index contributed by atoms with van der Waals surface area (Å²) in [5.74, 6) is 0.207. The maximum absolute atomic E-state index is 11.9. The maximum atomic E-state index is 11.9. The first-order valence-electron chi connectivity index (χ1n) is 8.00.